The second-order valence-corrected chi connectivity index (χ2v) is 4.99. The number of aromatic nitrogens is 3. The van der Waals surface area contributed by atoms with Gasteiger partial charge in [-0.25, -0.2) is 0 Å². The van der Waals surface area contributed by atoms with Gasteiger partial charge >= 0.3 is 6.01 Å². The zero-order chi connectivity index (χ0) is 13.0. The molecule has 100 valence electrons. The highest BCUT2D eigenvalue weighted by Crippen LogP contribution is 2.26. The minimum atomic E-state index is 0.166. The van der Waals surface area contributed by atoms with E-state index in [1.807, 2.05) is 6.92 Å². The molecule has 0 bridgehead atoms. The Kier molecular flexibility index (Phi) is 4.58. The molecule has 1 aromatic rings. The van der Waals surface area contributed by atoms with E-state index in [9.17, 15) is 0 Å². The fourth-order valence-electron chi connectivity index (χ4n) is 2.29. The topological polar surface area (TPSA) is 59.9 Å². The first-order valence-corrected chi connectivity index (χ1v) is 6.87. The molecule has 2 unspecified atom stereocenters. The Morgan fingerprint density at radius 1 is 1.28 bits per heavy atom. The van der Waals surface area contributed by atoms with Gasteiger partial charge in [-0.3, -0.25) is 0 Å². The Hall–Kier alpha value is -1.10. The highest BCUT2D eigenvalue weighted by Gasteiger charge is 2.22. The van der Waals surface area contributed by atoms with E-state index in [2.05, 4.69) is 27.2 Å². The first kappa shape index (κ1) is 13.3. The lowest BCUT2D eigenvalue weighted by atomic mass is 9.86. The Balaban J connectivity index is 2.07. The van der Waals surface area contributed by atoms with Crippen LogP contribution in [0, 0.1) is 5.92 Å². The van der Waals surface area contributed by atoms with Crippen molar-refractivity contribution in [3.05, 3.63) is 5.28 Å². The molecule has 18 heavy (non-hydrogen) atoms. The van der Waals surface area contributed by atoms with Crippen molar-refractivity contribution in [2.24, 2.45) is 5.92 Å². The molecule has 1 aliphatic carbocycles. The standard InChI is InChI=1S/C12H19ClN4O/c1-3-18-12-16-10(13)15-11(17-12)14-9-7-5-4-6-8(9)2/h8-9H,3-7H2,1-2H3,(H,14,15,16,17). The lowest BCUT2D eigenvalue weighted by Gasteiger charge is -2.29. The van der Waals surface area contributed by atoms with Gasteiger partial charge in [-0.05, 0) is 37.3 Å². The number of anilines is 1. The molecule has 1 aliphatic rings. The summed E-state index contributed by atoms with van der Waals surface area (Å²) in [5.41, 5.74) is 0. The first-order chi connectivity index (χ1) is 8.69. The van der Waals surface area contributed by atoms with Gasteiger partial charge in [0.15, 0.2) is 0 Å². The van der Waals surface area contributed by atoms with Crippen LogP contribution in [0.3, 0.4) is 0 Å². The van der Waals surface area contributed by atoms with E-state index in [-0.39, 0.29) is 11.3 Å². The van der Waals surface area contributed by atoms with Crippen molar-refractivity contribution < 1.29 is 4.74 Å². The molecule has 1 N–H and O–H groups in total. The third-order valence-electron chi connectivity index (χ3n) is 3.29. The predicted molar refractivity (Wildman–Crippen MR) is 71.0 cm³/mol. The molecule has 0 saturated heterocycles. The molecule has 0 radical (unpaired) electrons. The Morgan fingerprint density at radius 3 is 2.78 bits per heavy atom. The molecular weight excluding hydrogens is 252 g/mol. The van der Waals surface area contributed by atoms with E-state index in [1.165, 1.54) is 19.3 Å². The van der Waals surface area contributed by atoms with Crippen LogP contribution < -0.4 is 10.1 Å². The molecule has 1 heterocycles. The van der Waals surface area contributed by atoms with Crippen LogP contribution in [0.5, 0.6) is 6.01 Å². The van der Waals surface area contributed by atoms with E-state index in [0.29, 0.717) is 24.5 Å². The minimum Gasteiger partial charge on any atom is -0.464 e. The summed E-state index contributed by atoms with van der Waals surface area (Å²) in [7, 11) is 0. The van der Waals surface area contributed by atoms with Crippen molar-refractivity contribution in [2.45, 2.75) is 45.6 Å². The number of ether oxygens (including phenoxy) is 1. The molecule has 2 atom stereocenters. The number of hydrogen-bond donors (Lipinski definition) is 1. The van der Waals surface area contributed by atoms with Crippen LogP contribution in [0.15, 0.2) is 0 Å². The lowest BCUT2D eigenvalue weighted by molar-refractivity contribution is 0.310. The van der Waals surface area contributed by atoms with Gasteiger partial charge < -0.3 is 10.1 Å². The minimum absolute atomic E-state index is 0.166. The second-order valence-electron chi connectivity index (χ2n) is 4.66. The van der Waals surface area contributed by atoms with Crippen molar-refractivity contribution in [3.8, 4) is 6.01 Å². The molecule has 0 aromatic carbocycles. The predicted octanol–water partition coefficient (Wildman–Crippen LogP) is 2.91. The zero-order valence-electron chi connectivity index (χ0n) is 10.8. The van der Waals surface area contributed by atoms with Gasteiger partial charge in [-0.15, -0.1) is 0 Å². The van der Waals surface area contributed by atoms with Crippen LogP contribution in [0.25, 0.3) is 0 Å². The molecule has 6 heteroatoms. The third kappa shape index (κ3) is 3.45. The summed E-state index contributed by atoms with van der Waals surface area (Å²) in [5.74, 6) is 1.14. The van der Waals surface area contributed by atoms with Gasteiger partial charge in [0.25, 0.3) is 0 Å². The van der Waals surface area contributed by atoms with E-state index in [0.717, 1.165) is 6.42 Å². The highest BCUT2D eigenvalue weighted by molar-refractivity contribution is 6.28. The van der Waals surface area contributed by atoms with Crippen molar-refractivity contribution in [2.75, 3.05) is 11.9 Å². The van der Waals surface area contributed by atoms with Crippen molar-refractivity contribution in [3.63, 3.8) is 0 Å². The summed E-state index contributed by atoms with van der Waals surface area (Å²) < 4.78 is 5.26. The summed E-state index contributed by atoms with van der Waals surface area (Å²) in [4.78, 5) is 12.2. The molecule has 1 aromatic heterocycles. The second kappa shape index (κ2) is 6.18. The molecule has 0 spiro atoms. The maximum atomic E-state index is 5.86. The van der Waals surface area contributed by atoms with E-state index < -0.39 is 0 Å². The number of hydrogen-bond acceptors (Lipinski definition) is 5. The number of halogens is 1. The quantitative estimate of drug-likeness (QED) is 0.912. The maximum absolute atomic E-state index is 5.86. The third-order valence-corrected chi connectivity index (χ3v) is 3.46. The fourth-order valence-corrected chi connectivity index (χ4v) is 2.44. The van der Waals surface area contributed by atoms with Crippen LogP contribution in [-0.4, -0.2) is 27.6 Å². The normalized spacial score (nSPS) is 23.7. The van der Waals surface area contributed by atoms with Gasteiger partial charge in [0.2, 0.25) is 11.2 Å². The van der Waals surface area contributed by atoms with Gasteiger partial charge in [-0.2, -0.15) is 15.0 Å². The van der Waals surface area contributed by atoms with Crippen LogP contribution in [0.2, 0.25) is 5.28 Å². The van der Waals surface area contributed by atoms with Crippen LogP contribution in [0.1, 0.15) is 39.5 Å². The van der Waals surface area contributed by atoms with E-state index in [1.54, 1.807) is 0 Å². The van der Waals surface area contributed by atoms with Gasteiger partial charge in [0.1, 0.15) is 0 Å². The van der Waals surface area contributed by atoms with Crippen LogP contribution in [-0.2, 0) is 0 Å². The van der Waals surface area contributed by atoms with Crippen molar-refractivity contribution >= 4 is 17.5 Å². The Morgan fingerprint density at radius 2 is 2.06 bits per heavy atom. The monoisotopic (exact) mass is 270 g/mol. The maximum Gasteiger partial charge on any atom is 0.322 e. The molecule has 0 aliphatic heterocycles. The van der Waals surface area contributed by atoms with E-state index >= 15 is 0 Å². The Bertz CT molecular complexity index is 402. The molecule has 2 rings (SSSR count). The highest BCUT2D eigenvalue weighted by atomic mass is 35.5. The summed E-state index contributed by atoms with van der Waals surface area (Å²) in [5, 5.41) is 3.51. The lowest BCUT2D eigenvalue weighted by Crippen LogP contribution is -2.31. The van der Waals surface area contributed by atoms with Gasteiger partial charge in [-0.1, -0.05) is 19.8 Å². The Labute approximate surface area is 112 Å². The molecule has 1 saturated carbocycles. The van der Waals surface area contributed by atoms with Crippen LogP contribution >= 0.6 is 11.6 Å². The van der Waals surface area contributed by atoms with Gasteiger partial charge in [0, 0.05) is 6.04 Å². The largest absolute Gasteiger partial charge is 0.464 e. The molecular formula is C12H19ClN4O. The summed E-state index contributed by atoms with van der Waals surface area (Å²) >= 11 is 5.86. The van der Waals surface area contributed by atoms with Crippen molar-refractivity contribution in [1.29, 1.82) is 0 Å². The fraction of sp³-hybridized carbons (Fsp3) is 0.750. The summed E-state index contributed by atoms with van der Waals surface area (Å²) in [6.07, 6.45) is 4.95. The smallest absolute Gasteiger partial charge is 0.322 e. The average molecular weight is 271 g/mol. The molecule has 5 nitrogen and oxygen atoms in total. The number of rotatable bonds is 4. The average Bonchev–Trinajstić information content (AvgIpc) is 2.32. The number of nitrogens with one attached hydrogen (secondary N) is 1. The van der Waals surface area contributed by atoms with Crippen LogP contribution in [0.4, 0.5) is 5.95 Å². The summed E-state index contributed by atoms with van der Waals surface area (Å²) in [6, 6.07) is 0.690. The number of nitrogens with zero attached hydrogens (tertiary/aromatic N) is 3. The van der Waals surface area contributed by atoms with Gasteiger partial charge in [0.05, 0.1) is 6.61 Å². The summed E-state index contributed by atoms with van der Waals surface area (Å²) in [6.45, 7) is 4.65. The van der Waals surface area contributed by atoms with E-state index in [4.69, 9.17) is 16.3 Å². The molecule has 0 amide bonds. The van der Waals surface area contributed by atoms with Crippen molar-refractivity contribution in [1.82, 2.24) is 15.0 Å². The SMILES string of the molecule is CCOc1nc(Cl)nc(NC2CCCCC2C)n1. The molecule has 1 fully saturated rings. The first-order valence-electron chi connectivity index (χ1n) is 6.50. The zero-order valence-corrected chi connectivity index (χ0v) is 11.6.